The summed E-state index contributed by atoms with van der Waals surface area (Å²) in [6.45, 7) is 4.41. The smallest absolute Gasteiger partial charge is 0.246 e. The second kappa shape index (κ2) is 4.38. The Hall–Kier alpha value is -2.37. The molecule has 0 radical (unpaired) electrons. The SMILES string of the molecule is CCc1nc2cc(N)ccc2n1Cc1nc(C)no1. The number of benzene rings is 1. The molecule has 0 unspecified atom stereocenters. The summed E-state index contributed by atoms with van der Waals surface area (Å²) in [6, 6.07) is 5.73. The van der Waals surface area contributed by atoms with E-state index >= 15 is 0 Å². The Kier molecular flexibility index (Phi) is 2.70. The maximum absolute atomic E-state index is 5.79. The lowest BCUT2D eigenvalue weighted by molar-refractivity contribution is 0.367. The van der Waals surface area contributed by atoms with E-state index in [0.29, 0.717) is 23.9 Å². The number of anilines is 1. The van der Waals surface area contributed by atoms with Crippen LogP contribution >= 0.6 is 0 Å². The van der Waals surface area contributed by atoms with Gasteiger partial charge < -0.3 is 14.8 Å². The van der Waals surface area contributed by atoms with Gasteiger partial charge in [-0.2, -0.15) is 4.98 Å². The largest absolute Gasteiger partial charge is 0.399 e. The number of fused-ring (bicyclic) bond motifs is 1. The number of aryl methyl sites for hydroxylation is 2. The molecule has 0 aliphatic rings. The first-order valence-corrected chi connectivity index (χ1v) is 6.21. The highest BCUT2D eigenvalue weighted by atomic mass is 16.5. The van der Waals surface area contributed by atoms with Gasteiger partial charge in [-0.15, -0.1) is 0 Å². The second-order valence-corrected chi connectivity index (χ2v) is 4.45. The van der Waals surface area contributed by atoms with Crippen molar-refractivity contribution in [3.8, 4) is 0 Å². The molecule has 2 heterocycles. The third-order valence-corrected chi connectivity index (χ3v) is 3.03. The van der Waals surface area contributed by atoms with E-state index in [0.717, 1.165) is 23.3 Å². The molecule has 6 heteroatoms. The van der Waals surface area contributed by atoms with E-state index in [1.54, 1.807) is 6.92 Å². The van der Waals surface area contributed by atoms with Crippen molar-refractivity contribution in [2.24, 2.45) is 0 Å². The van der Waals surface area contributed by atoms with E-state index in [-0.39, 0.29) is 0 Å². The molecule has 0 saturated heterocycles. The first kappa shape index (κ1) is 11.7. The number of hydrogen-bond donors (Lipinski definition) is 1. The number of nitrogens with zero attached hydrogens (tertiary/aromatic N) is 4. The average Bonchev–Trinajstić information content (AvgIpc) is 2.94. The van der Waals surface area contributed by atoms with Crippen LogP contribution in [0.25, 0.3) is 11.0 Å². The fourth-order valence-electron chi connectivity index (χ4n) is 2.18. The highest BCUT2D eigenvalue weighted by Crippen LogP contribution is 2.20. The van der Waals surface area contributed by atoms with Crippen molar-refractivity contribution in [3.05, 3.63) is 35.7 Å². The standard InChI is InChI=1S/C13H15N5O/c1-3-12-16-10-6-9(14)4-5-11(10)18(12)7-13-15-8(2)17-19-13/h4-6H,3,7,14H2,1-2H3. The minimum atomic E-state index is 0.532. The Bertz CT molecular complexity index is 728. The van der Waals surface area contributed by atoms with Gasteiger partial charge in [0, 0.05) is 12.1 Å². The van der Waals surface area contributed by atoms with E-state index in [2.05, 4.69) is 26.6 Å². The van der Waals surface area contributed by atoms with Crippen molar-refractivity contribution < 1.29 is 4.52 Å². The molecule has 2 aromatic heterocycles. The van der Waals surface area contributed by atoms with Gasteiger partial charge in [0.05, 0.1) is 11.0 Å². The van der Waals surface area contributed by atoms with Crippen molar-refractivity contribution in [1.29, 1.82) is 0 Å². The van der Waals surface area contributed by atoms with Crippen molar-refractivity contribution >= 4 is 16.7 Å². The van der Waals surface area contributed by atoms with Gasteiger partial charge >= 0.3 is 0 Å². The number of imidazole rings is 1. The van der Waals surface area contributed by atoms with Crippen LogP contribution in [0.3, 0.4) is 0 Å². The number of aromatic nitrogens is 4. The summed E-state index contributed by atoms with van der Waals surface area (Å²) < 4.78 is 7.26. The molecular weight excluding hydrogens is 242 g/mol. The number of rotatable bonds is 3. The van der Waals surface area contributed by atoms with Crippen LogP contribution in [0.4, 0.5) is 5.69 Å². The molecule has 98 valence electrons. The summed E-state index contributed by atoms with van der Waals surface area (Å²) in [5, 5.41) is 3.81. The normalized spacial score (nSPS) is 11.3. The van der Waals surface area contributed by atoms with E-state index in [4.69, 9.17) is 10.3 Å². The average molecular weight is 257 g/mol. The van der Waals surface area contributed by atoms with E-state index in [9.17, 15) is 0 Å². The zero-order chi connectivity index (χ0) is 13.4. The van der Waals surface area contributed by atoms with Crippen LogP contribution in [0.15, 0.2) is 22.7 Å². The Balaban J connectivity index is 2.10. The first-order chi connectivity index (χ1) is 9.17. The van der Waals surface area contributed by atoms with Gasteiger partial charge in [-0.1, -0.05) is 12.1 Å². The van der Waals surface area contributed by atoms with E-state index in [1.807, 2.05) is 18.2 Å². The van der Waals surface area contributed by atoms with Crippen LogP contribution in [0.5, 0.6) is 0 Å². The van der Waals surface area contributed by atoms with Gasteiger partial charge in [0.2, 0.25) is 5.89 Å². The maximum atomic E-state index is 5.79. The van der Waals surface area contributed by atoms with Crippen molar-refractivity contribution in [3.63, 3.8) is 0 Å². The van der Waals surface area contributed by atoms with Gasteiger partial charge in [0.1, 0.15) is 12.4 Å². The van der Waals surface area contributed by atoms with Gasteiger partial charge in [0.25, 0.3) is 0 Å². The molecule has 3 aromatic rings. The van der Waals surface area contributed by atoms with Crippen molar-refractivity contribution in [1.82, 2.24) is 19.7 Å². The number of nitrogens with two attached hydrogens (primary N) is 1. The Morgan fingerprint density at radius 1 is 1.32 bits per heavy atom. The van der Waals surface area contributed by atoms with Gasteiger partial charge in [-0.3, -0.25) is 0 Å². The fourth-order valence-corrected chi connectivity index (χ4v) is 2.18. The fraction of sp³-hybridized carbons (Fsp3) is 0.308. The minimum absolute atomic E-state index is 0.532. The Morgan fingerprint density at radius 3 is 2.84 bits per heavy atom. The van der Waals surface area contributed by atoms with E-state index < -0.39 is 0 Å². The minimum Gasteiger partial charge on any atom is -0.399 e. The molecule has 6 nitrogen and oxygen atoms in total. The molecular formula is C13H15N5O. The Labute approximate surface area is 110 Å². The molecule has 0 fully saturated rings. The third-order valence-electron chi connectivity index (χ3n) is 3.03. The predicted octanol–water partition coefficient (Wildman–Crippen LogP) is 1.92. The highest BCUT2D eigenvalue weighted by Gasteiger charge is 2.12. The van der Waals surface area contributed by atoms with Gasteiger partial charge in [-0.05, 0) is 25.1 Å². The molecule has 0 saturated carbocycles. The van der Waals surface area contributed by atoms with Crippen LogP contribution in [0, 0.1) is 6.92 Å². The molecule has 0 spiro atoms. The van der Waals surface area contributed by atoms with E-state index in [1.165, 1.54) is 0 Å². The molecule has 0 aliphatic heterocycles. The lowest BCUT2D eigenvalue weighted by atomic mass is 10.3. The first-order valence-electron chi connectivity index (χ1n) is 6.21. The van der Waals surface area contributed by atoms with Crippen molar-refractivity contribution in [2.45, 2.75) is 26.8 Å². The number of nitrogen functional groups attached to an aromatic ring is 1. The molecule has 2 N–H and O–H groups in total. The molecule has 1 aromatic carbocycles. The molecule has 0 amide bonds. The molecule has 19 heavy (non-hydrogen) atoms. The zero-order valence-electron chi connectivity index (χ0n) is 10.9. The molecule has 0 atom stereocenters. The van der Waals surface area contributed by atoms with Crippen LogP contribution < -0.4 is 5.73 Å². The molecule has 0 aliphatic carbocycles. The summed E-state index contributed by atoms with van der Waals surface area (Å²) in [7, 11) is 0. The Morgan fingerprint density at radius 2 is 2.16 bits per heavy atom. The maximum Gasteiger partial charge on any atom is 0.246 e. The lowest BCUT2D eigenvalue weighted by Gasteiger charge is -2.04. The monoisotopic (exact) mass is 257 g/mol. The highest BCUT2D eigenvalue weighted by molar-refractivity contribution is 5.79. The third kappa shape index (κ3) is 2.05. The quantitative estimate of drug-likeness (QED) is 0.725. The van der Waals surface area contributed by atoms with Gasteiger partial charge in [-0.25, -0.2) is 4.98 Å². The topological polar surface area (TPSA) is 82.8 Å². The zero-order valence-corrected chi connectivity index (χ0v) is 10.9. The summed E-state index contributed by atoms with van der Waals surface area (Å²) in [6.07, 6.45) is 0.835. The lowest BCUT2D eigenvalue weighted by Crippen LogP contribution is -2.04. The van der Waals surface area contributed by atoms with Crippen LogP contribution in [0.2, 0.25) is 0 Å². The summed E-state index contributed by atoms with van der Waals surface area (Å²) in [4.78, 5) is 8.82. The van der Waals surface area contributed by atoms with Gasteiger partial charge in [0.15, 0.2) is 5.82 Å². The van der Waals surface area contributed by atoms with Crippen LogP contribution in [-0.4, -0.2) is 19.7 Å². The summed E-state index contributed by atoms with van der Waals surface area (Å²) in [5.41, 5.74) is 8.43. The molecule has 0 bridgehead atoms. The molecule has 3 rings (SSSR count). The van der Waals surface area contributed by atoms with Crippen molar-refractivity contribution in [2.75, 3.05) is 5.73 Å². The summed E-state index contributed by atoms with van der Waals surface area (Å²) >= 11 is 0. The number of hydrogen-bond acceptors (Lipinski definition) is 5. The second-order valence-electron chi connectivity index (χ2n) is 4.45. The van der Waals surface area contributed by atoms with Crippen LogP contribution in [-0.2, 0) is 13.0 Å². The summed E-state index contributed by atoms with van der Waals surface area (Å²) in [5.74, 6) is 2.21. The predicted molar refractivity (Wildman–Crippen MR) is 71.7 cm³/mol. The van der Waals surface area contributed by atoms with Crippen LogP contribution in [0.1, 0.15) is 24.5 Å².